The summed E-state index contributed by atoms with van der Waals surface area (Å²) < 4.78 is 6.04. The van der Waals surface area contributed by atoms with E-state index in [1.807, 2.05) is 0 Å². The molecule has 8 aromatic carbocycles. The fourth-order valence-electron chi connectivity index (χ4n) is 13.3. The van der Waals surface area contributed by atoms with Crippen LogP contribution >= 0.6 is 0 Å². The second kappa shape index (κ2) is 14.5. The van der Waals surface area contributed by atoms with Crippen LogP contribution in [0.2, 0.25) is 11.1 Å². The molecule has 4 heterocycles. The molecule has 3 unspecified atom stereocenters. The number of benzene rings is 8. The van der Waals surface area contributed by atoms with Gasteiger partial charge < -0.3 is 8.47 Å². The SMILES string of the molecule is CC1C(c2cccc3ccccc23)=CC=C2CC1[Si]1(C3CCC(c4cccc5ccccc45)=CC=C23)n2c(-c3cccc4ccccc34)ccc2-c2ccc(-c3cccc4ccccc34)n21. The van der Waals surface area contributed by atoms with Crippen molar-refractivity contribution in [3.63, 3.8) is 0 Å². The van der Waals surface area contributed by atoms with Crippen molar-refractivity contribution in [2.75, 3.05) is 0 Å². The van der Waals surface area contributed by atoms with Gasteiger partial charge in [-0.2, -0.15) is 0 Å². The summed E-state index contributed by atoms with van der Waals surface area (Å²) in [6.07, 6.45) is 13.3. The molecule has 2 aliphatic carbocycles. The van der Waals surface area contributed by atoms with Crippen molar-refractivity contribution in [3.05, 3.63) is 241 Å². The molecule has 66 heavy (non-hydrogen) atoms. The summed E-state index contributed by atoms with van der Waals surface area (Å²) in [6, 6.07) is 73.6. The minimum Gasteiger partial charge on any atom is -0.347 e. The Balaban J connectivity index is 1.09. The van der Waals surface area contributed by atoms with Gasteiger partial charge in [-0.15, -0.1) is 0 Å². The third-order valence-corrected chi connectivity index (χ3v) is 21.9. The third-order valence-electron chi connectivity index (χ3n) is 16.1. The van der Waals surface area contributed by atoms with E-state index in [2.05, 4.69) is 234 Å². The molecule has 1 spiro atoms. The fourth-order valence-corrected chi connectivity index (χ4v) is 20.4. The quantitative estimate of drug-likeness (QED) is 0.156. The van der Waals surface area contributed by atoms with E-state index < -0.39 is 8.40 Å². The zero-order valence-electron chi connectivity index (χ0n) is 37.0. The van der Waals surface area contributed by atoms with Gasteiger partial charge in [0.25, 0.3) is 8.40 Å². The highest BCUT2D eigenvalue weighted by Crippen LogP contribution is 2.65. The van der Waals surface area contributed by atoms with Gasteiger partial charge in [0.05, 0.1) is 11.4 Å². The number of nitrogens with zero attached hydrogens (tertiary/aromatic N) is 2. The molecule has 1 fully saturated rings. The predicted octanol–water partition coefficient (Wildman–Crippen LogP) is 16.7. The van der Waals surface area contributed by atoms with E-state index >= 15 is 0 Å². The minimum atomic E-state index is -3.07. The molecule has 0 amide bonds. The zero-order chi connectivity index (χ0) is 43.5. The van der Waals surface area contributed by atoms with Crippen molar-refractivity contribution in [1.82, 2.24) is 8.47 Å². The van der Waals surface area contributed by atoms with Crippen molar-refractivity contribution < 1.29 is 0 Å². The molecule has 10 aromatic rings. The van der Waals surface area contributed by atoms with Crippen LogP contribution in [0.25, 0.3) is 88.1 Å². The monoisotopic (exact) mass is 860 g/mol. The Morgan fingerprint density at radius 2 is 0.788 bits per heavy atom. The van der Waals surface area contributed by atoms with E-state index in [1.165, 1.54) is 110 Å². The van der Waals surface area contributed by atoms with Gasteiger partial charge in [-0.3, -0.25) is 0 Å². The standard InChI is InChI=1S/C63H48N2Si/c1-41-48(55-27-11-19-43-15-3-7-23-51(43)55)33-31-47-40-63(41)66(62-39-32-46(30-34-54(47)62)50-26-10-18-42-14-2-6-22-49(42)50)64-58(56-28-12-20-44-16-4-8-24-52(44)56)35-37-60(64)61-38-36-59(65(61)66)57-29-13-21-45-17-5-9-25-53(45)57/h2-31,33-38,41,62-63H,32,39-40H2,1H3. The zero-order valence-corrected chi connectivity index (χ0v) is 38.0. The Labute approximate surface area is 387 Å². The summed E-state index contributed by atoms with van der Waals surface area (Å²) in [7, 11) is -3.07. The van der Waals surface area contributed by atoms with Crippen LogP contribution in [0.1, 0.15) is 37.3 Å². The van der Waals surface area contributed by atoms with E-state index in [4.69, 9.17) is 0 Å². The normalized spacial score (nSPS) is 19.4. The van der Waals surface area contributed by atoms with Crippen LogP contribution in [-0.4, -0.2) is 16.9 Å². The molecule has 4 aliphatic rings. The molecule has 1 saturated heterocycles. The average Bonchev–Trinajstić information content (AvgIpc) is 3.99. The van der Waals surface area contributed by atoms with E-state index in [0.29, 0.717) is 5.54 Å². The van der Waals surface area contributed by atoms with Gasteiger partial charge in [0, 0.05) is 33.6 Å². The van der Waals surface area contributed by atoms with Crippen LogP contribution in [0.3, 0.4) is 0 Å². The van der Waals surface area contributed by atoms with Crippen LogP contribution in [0.4, 0.5) is 0 Å². The highest BCUT2D eigenvalue weighted by molar-refractivity contribution is 6.83. The van der Waals surface area contributed by atoms with Crippen LogP contribution in [0, 0.1) is 5.92 Å². The highest BCUT2D eigenvalue weighted by Gasteiger charge is 2.64. The van der Waals surface area contributed by atoms with Crippen LogP contribution in [0.15, 0.2) is 230 Å². The van der Waals surface area contributed by atoms with Gasteiger partial charge in [0.1, 0.15) is 0 Å². The number of fused-ring (bicyclic) bond motifs is 15. The molecule has 3 heteroatoms. The number of rotatable bonds is 4. The first-order chi connectivity index (χ1) is 32.7. The first-order valence-corrected chi connectivity index (χ1v) is 25.9. The molecule has 2 aliphatic heterocycles. The Hall–Kier alpha value is -7.46. The lowest BCUT2D eigenvalue weighted by Gasteiger charge is -2.52. The molecular formula is C63H48N2Si. The van der Waals surface area contributed by atoms with Crippen molar-refractivity contribution in [2.45, 2.75) is 37.3 Å². The molecule has 314 valence electrons. The Morgan fingerprint density at radius 1 is 0.379 bits per heavy atom. The maximum absolute atomic E-state index is 3.07. The average molecular weight is 861 g/mol. The number of allylic oxidation sites excluding steroid dienone is 8. The second-order valence-electron chi connectivity index (χ2n) is 19.1. The molecule has 3 atom stereocenters. The summed E-state index contributed by atoms with van der Waals surface area (Å²) >= 11 is 0. The van der Waals surface area contributed by atoms with Crippen molar-refractivity contribution >= 4 is 62.6 Å². The highest BCUT2D eigenvalue weighted by atomic mass is 28.3. The number of hydrogen-bond donors (Lipinski definition) is 0. The lowest BCUT2D eigenvalue weighted by atomic mass is 9.86. The maximum atomic E-state index is 3.02. The van der Waals surface area contributed by atoms with E-state index in [-0.39, 0.29) is 11.5 Å². The van der Waals surface area contributed by atoms with Gasteiger partial charge in [-0.1, -0.05) is 201 Å². The van der Waals surface area contributed by atoms with E-state index in [1.54, 1.807) is 0 Å². The van der Waals surface area contributed by atoms with Crippen LogP contribution < -0.4 is 0 Å². The molecule has 0 radical (unpaired) electrons. The molecule has 0 saturated carbocycles. The summed E-state index contributed by atoms with van der Waals surface area (Å²) in [5.41, 5.74) is 17.4. The maximum Gasteiger partial charge on any atom is 0.285 e. The van der Waals surface area contributed by atoms with Crippen molar-refractivity contribution in [3.8, 4) is 33.9 Å². The Kier molecular flexibility index (Phi) is 8.33. The van der Waals surface area contributed by atoms with Gasteiger partial charge in [0.2, 0.25) is 0 Å². The third kappa shape index (κ3) is 5.29. The minimum absolute atomic E-state index is 0.260. The van der Waals surface area contributed by atoms with Gasteiger partial charge in [-0.05, 0) is 126 Å². The van der Waals surface area contributed by atoms with E-state index in [9.17, 15) is 0 Å². The van der Waals surface area contributed by atoms with Gasteiger partial charge in [0.15, 0.2) is 0 Å². The Bertz CT molecular complexity index is 3650. The number of hydrogen-bond acceptors (Lipinski definition) is 0. The fraction of sp³-hybridized carbons (Fsp3) is 0.111. The molecule has 14 rings (SSSR count). The number of aromatic nitrogens is 2. The lowest BCUT2D eigenvalue weighted by molar-refractivity contribution is 0.572. The summed E-state index contributed by atoms with van der Waals surface area (Å²) in [6.45, 7) is 2.59. The molecule has 2 bridgehead atoms. The summed E-state index contributed by atoms with van der Waals surface area (Å²) in [5, 5.41) is 10.5. The Morgan fingerprint density at radius 3 is 1.33 bits per heavy atom. The molecule has 2 nitrogen and oxygen atoms in total. The van der Waals surface area contributed by atoms with Crippen molar-refractivity contribution in [2.24, 2.45) is 5.92 Å². The summed E-state index contributed by atoms with van der Waals surface area (Å²) in [4.78, 5) is 0. The largest absolute Gasteiger partial charge is 0.347 e. The van der Waals surface area contributed by atoms with Gasteiger partial charge in [-0.25, -0.2) is 0 Å². The van der Waals surface area contributed by atoms with Crippen LogP contribution in [0.5, 0.6) is 0 Å². The van der Waals surface area contributed by atoms with Gasteiger partial charge >= 0.3 is 0 Å². The van der Waals surface area contributed by atoms with Crippen LogP contribution in [-0.2, 0) is 0 Å². The first kappa shape index (κ1) is 37.9. The molecular weight excluding hydrogens is 813 g/mol. The molecule has 0 N–H and O–H groups in total. The van der Waals surface area contributed by atoms with E-state index in [0.717, 1.165) is 19.3 Å². The van der Waals surface area contributed by atoms with Crippen molar-refractivity contribution in [1.29, 1.82) is 0 Å². The second-order valence-corrected chi connectivity index (χ2v) is 23.0. The summed E-state index contributed by atoms with van der Waals surface area (Å²) in [5.74, 6) is 0.260. The topological polar surface area (TPSA) is 9.86 Å². The first-order valence-electron chi connectivity index (χ1n) is 23.9. The molecule has 2 aromatic heterocycles. The smallest absolute Gasteiger partial charge is 0.285 e. The predicted molar refractivity (Wildman–Crippen MR) is 281 cm³/mol. The lowest BCUT2D eigenvalue weighted by Crippen LogP contribution is -2.60.